The second kappa shape index (κ2) is 7.07. The van der Waals surface area contributed by atoms with Crippen molar-refractivity contribution in [2.75, 3.05) is 25.4 Å². The van der Waals surface area contributed by atoms with E-state index in [1.165, 1.54) is 4.31 Å². The highest BCUT2D eigenvalue weighted by atomic mass is 32.2. The van der Waals surface area contributed by atoms with Gasteiger partial charge in [-0.2, -0.15) is 4.31 Å². The molecule has 0 aromatic heterocycles. The van der Waals surface area contributed by atoms with Crippen molar-refractivity contribution in [3.63, 3.8) is 0 Å². The van der Waals surface area contributed by atoms with Gasteiger partial charge in [-0.3, -0.25) is 4.79 Å². The molecule has 1 atom stereocenters. The summed E-state index contributed by atoms with van der Waals surface area (Å²) < 4.78 is 26.2. The van der Waals surface area contributed by atoms with Crippen molar-refractivity contribution in [1.29, 1.82) is 0 Å². The van der Waals surface area contributed by atoms with Crippen molar-refractivity contribution in [3.05, 3.63) is 0 Å². The zero-order chi connectivity index (χ0) is 15.5. The molecule has 2 rings (SSSR count). The van der Waals surface area contributed by atoms with E-state index in [1.54, 1.807) is 4.90 Å². The number of rotatable bonds is 5. The maximum Gasteiger partial charge on any atom is 0.241 e. The van der Waals surface area contributed by atoms with Gasteiger partial charge in [0.1, 0.15) is 6.04 Å². The number of amides is 1. The molecule has 0 bridgehead atoms. The average molecular weight is 317 g/mol. The Morgan fingerprint density at radius 3 is 2.48 bits per heavy atom. The molecule has 0 radical (unpaired) electrons. The summed E-state index contributed by atoms with van der Waals surface area (Å²) in [4.78, 5) is 14.4. The lowest BCUT2D eigenvalue weighted by molar-refractivity contribution is -0.135. The molecule has 2 saturated heterocycles. The lowest BCUT2D eigenvalue weighted by Crippen LogP contribution is -2.51. The van der Waals surface area contributed by atoms with Gasteiger partial charge in [0, 0.05) is 25.7 Å². The van der Waals surface area contributed by atoms with Gasteiger partial charge >= 0.3 is 0 Å². The molecule has 2 aliphatic heterocycles. The van der Waals surface area contributed by atoms with Crippen LogP contribution in [0, 0.1) is 0 Å². The zero-order valence-corrected chi connectivity index (χ0v) is 13.6. The summed E-state index contributed by atoms with van der Waals surface area (Å²) in [6.45, 7) is 3.76. The fourth-order valence-electron chi connectivity index (χ4n) is 3.09. The van der Waals surface area contributed by atoms with Crippen LogP contribution in [0.2, 0.25) is 0 Å². The summed E-state index contributed by atoms with van der Waals surface area (Å²) in [6, 6.07) is -0.316. The first kappa shape index (κ1) is 16.7. The van der Waals surface area contributed by atoms with Crippen LogP contribution in [0.5, 0.6) is 0 Å². The van der Waals surface area contributed by atoms with Crippen LogP contribution in [0.15, 0.2) is 0 Å². The highest BCUT2D eigenvalue weighted by molar-refractivity contribution is 7.89. The highest BCUT2D eigenvalue weighted by Gasteiger charge is 2.40. The van der Waals surface area contributed by atoms with Gasteiger partial charge in [0.15, 0.2) is 0 Å². The monoisotopic (exact) mass is 317 g/mol. The Balaban J connectivity index is 2.02. The minimum absolute atomic E-state index is 0.0283. The van der Waals surface area contributed by atoms with Crippen LogP contribution in [-0.2, 0) is 14.8 Å². The van der Waals surface area contributed by atoms with Gasteiger partial charge in [-0.05, 0) is 32.1 Å². The molecule has 1 amide bonds. The van der Waals surface area contributed by atoms with E-state index in [0.29, 0.717) is 32.5 Å². The molecule has 1 unspecified atom stereocenters. The molecule has 2 fully saturated rings. The molecule has 2 aliphatic rings. The van der Waals surface area contributed by atoms with E-state index in [2.05, 4.69) is 0 Å². The first-order valence-electron chi connectivity index (χ1n) is 7.99. The molecule has 2 N–H and O–H groups in total. The second-order valence-electron chi connectivity index (χ2n) is 6.10. The molecule has 2 heterocycles. The molecule has 21 heavy (non-hydrogen) atoms. The van der Waals surface area contributed by atoms with E-state index in [-0.39, 0.29) is 17.7 Å². The summed E-state index contributed by atoms with van der Waals surface area (Å²) in [5.74, 6) is 0.123. The first-order chi connectivity index (χ1) is 9.95. The Morgan fingerprint density at radius 2 is 1.86 bits per heavy atom. The lowest BCUT2D eigenvalue weighted by Gasteiger charge is -2.34. The lowest BCUT2D eigenvalue weighted by atomic mass is 10.0. The van der Waals surface area contributed by atoms with E-state index < -0.39 is 16.1 Å². The summed E-state index contributed by atoms with van der Waals surface area (Å²) >= 11 is 0. The minimum Gasteiger partial charge on any atom is -0.341 e. The zero-order valence-electron chi connectivity index (χ0n) is 12.8. The normalized spacial score (nSPS) is 25.4. The van der Waals surface area contributed by atoms with Crippen LogP contribution < -0.4 is 5.73 Å². The average Bonchev–Trinajstić information content (AvgIpc) is 2.95. The summed E-state index contributed by atoms with van der Waals surface area (Å²) in [6.07, 6.45) is 4.53. The number of hydrogen-bond acceptors (Lipinski definition) is 4. The quantitative estimate of drug-likeness (QED) is 0.802. The van der Waals surface area contributed by atoms with Crippen LogP contribution in [0.25, 0.3) is 0 Å². The maximum absolute atomic E-state index is 12.6. The number of likely N-dealkylation sites (tertiary alicyclic amines) is 1. The SMILES string of the molecule is CCCCS(=O)(=O)N1CCCC1C(=O)N1CCC(N)CC1. The maximum atomic E-state index is 12.6. The van der Waals surface area contributed by atoms with E-state index in [4.69, 9.17) is 5.73 Å². The van der Waals surface area contributed by atoms with Gasteiger partial charge < -0.3 is 10.6 Å². The van der Waals surface area contributed by atoms with Crippen LogP contribution in [-0.4, -0.2) is 61.0 Å². The largest absolute Gasteiger partial charge is 0.341 e. The van der Waals surface area contributed by atoms with Crippen LogP contribution in [0.1, 0.15) is 45.4 Å². The number of carbonyl (C=O) groups is 1. The predicted octanol–water partition coefficient (Wildman–Crippen LogP) is 0.530. The standard InChI is InChI=1S/C14H27N3O3S/c1-2-3-11-21(19,20)17-8-4-5-13(17)14(18)16-9-6-12(15)7-10-16/h12-13H,2-11,15H2,1H3. The van der Waals surface area contributed by atoms with Gasteiger partial charge in [-0.1, -0.05) is 13.3 Å². The van der Waals surface area contributed by atoms with Crippen LogP contribution in [0.4, 0.5) is 0 Å². The molecule has 6 nitrogen and oxygen atoms in total. The smallest absolute Gasteiger partial charge is 0.241 e. The van der Waals surface area contributed by atoms with Crippen LogP contribution in [0.3, 0.4) is 0 Å². The Labute approximate surface area is 127 Å². The first-order valence-corrected chi connectivity index (χ1v) is 9.60. The number of piperidine rings is 1. The number of carbonyl (C=O) groups excluding carboxylic acids is 1. The van der Waals surface area contributed by atoms with Crippen molar-refractivity contribution < 1.29 is 13.2 Å². The molecule has 7 heteroatoms. The van der Waals surface area contributed by atoms with Crippen molar-refractivity contribution in [3.8, 4) is 0 Å². The minimum atomic E-state index is -3.30. The molecule has 122 valence electrons. The second-order valence-corrected chi connectivity index (χ2v) is 8.14. The predicted molar refractivity (Wildman–Crippen MR) is 82.2 cm³/mol. The molecule has 0 spiro atoms. The van der Waals surface area contributed by atoms with E-state index in [1.807, 2.05) is 6.92 Å². The highest BCUT2D eigenvalue weighted by Crippen LogP contribution is 2.25. The van der Waals surface area contributed by atoms with Gasteiger partial charge in [0.2, 0.25) is 15.9 Å². The number of nitrogens with two attached hydrogens (primary N) is 1. The fraction of sp³-hybridized carbons (Fsp3) is 0.929. The van der Waals surface area contributed by atoms with Gasteiger partial charge in [-0.25, -0.2) is 8.42 Å². The third-order valence-electron chi connectivity index (χ3n) is 4.45. The molecule has 0 aliphatic carbocycles. The van der Waals surface area contributed by atoms with Gasteiger partial charge in [-0.15, -0.1) is 0 Å². The van der Waals surface area contributed by atoms with Crippen molar-refractivity contribution >= 4 is 15.9 Å². The Kier molecular flexibility index (Phi) is 5.62. The van der Waals surface area contributed by atoms with E-state index in [0.717, 1.165) is 25.7 Å². The summed E-state index contributed by atoms with van der Waals surface area (Å²) in [7, 11) is -3.30. The van der Waals surface area contributed by atoms with Gasteiger partial charge in [0.05, 0.1) is 5.75 Å². The molecule has 0 aromatic carbocycles. The Hall–Kier alpha value is -0.660. The Bertz CT molecular complexity index is 458. The molecular formula is C14H27N3O3S. The molecular weight excluding hydrogens is 290 g/mol. The number of hydrogen-bond donors (Lipinski definition) is 1. The summed E-state index contributed by atoms with van der Waals surface area (Å²) in [5.41, 5.74) is 5.86. The van der Waals surface area contributed by atoms with Gasteiger partial charge in [0.25, 0.3) is 0 Å². The number of nitrogens with zero attached hydrogens (tertiary/aromatic N) is 2. The summed E-state index contributed by atoms with van der Waals surface area (Å²) in [5, 5.41) is 0. The Morgan fingerprint density at radius 1 is 1.19 bits per heavy atom. The number of sulfonamides is 1. The topological polar surface area (TPSA) is 83.7 Å². The van der Waals surface area contributed by atoms with Crippen LogP contribution >= 0.6 is 0 Å². The number of unbranched alkanes of at least 4 members (excludes halogenated alkanes) is 1. The van der Waals surface area contributed by atoms with Crippen molar-refractivity contribution in [2.24, 2.45) is 5.73 Å². The van der Waals surface area contributed by atoms with Crippen molar-refractivity contribution in [1.82, 2.24) is 9.21 Å². The fourth-order valence-corrected chi connectivity index (χ4v) is 4.97. The van der Waals surface area contributed by atoms with Crippen molar-refractivity contribution in [2.45, 2.75) is 57.5 Å². The molecule has 0 saturated carbocycles. The van der Waals surface area contributed by atoms with E-state index in [9.17, 15) is 13.2 Å². The third-order valence-corrected chi connectivity index (χ3v) is 6.41. The van der Waals surface area contributed by atoms with E-state index >= 15 is 0 Å². The molecule has 0 aromatic rings. The third kappa shape index (κ3) is 3.96.